The SMILES string of the molecule is Cc1nc2nc(C(=O)N3CCC(N4CCCC(C)C4)CC3)[nH]n2c(=O)c1C. The van der Waals surface area contributed by atoms with Gasteiger partial charge in [0.15, 0.2) is 0 Å². The summed E-state index contributed by atoms with van der Waals surface area (Å²) < 4.78 is 1.26. The molecule has 4 heterocycles. The zero-order valence-electron chi connectivity index (χ0n) is 16.4. The van der Waals surface area contributed by atoms with Crippen molar-refractivity contribution in [3.63, 3.8) is 0 Å². The van der Waals surface area contributed by atoms with E-state index in [1.165, 1.54) is 30.4 Å². The van der Waals surface area contributed by atoms with Crippen LogP contribution in [0.25, 0.3) is 5.78 Å². The minimum absolute atomic E-state index is 0.152. The molecule has 2 fully saturated rings. The molecule has 2 aromatic rings. The predicted octanol–water partition coefficient (Wildman–Crippen LogP) is 1.37. The maximum Gasteiger partial charge on any atom is 0.291 e. The summed E-state index contributed by atoms with van der Waals surface area (Å²) in [6, 6.07) is 0.571. The third kappa shape index (κ3) is 3.38. The highest BCUT2D eigenvalue weighted by Crippen LogP contribution is 2.24. The molecule has 0 spiro atoms. The summed E-state index contributed by atoms with van der Waals surface area (Å²) in [5.74, 6) is 1.06. The van der Waals surface area contributed by atoms with Gasteiger partial charge in [0, 0.05) is 36.9 Å². The van der Waals surface area contributed by atoms with E-state index in [0.717, 1.165) is 31.8 Å². The van der Waals surface area contributed by atoms with Crippen molar-refractivity contribution in [3.8, 4) is 0 Å². The number of aromatic nitrogens is 4. The number of aryl methyl sites for hydroxylation is 1. The maximum absolute atomic E-state index is 12.9. The number of rotatable bonds is 2. The number of likely N-dealkylation sites (tertiary alicyclic amines) is 2. The second-order valence-electron chi connectivity index (χ2n) is 8.10. The largest absolute Gasteiger partial charge is 0.336 e. The van der Waals surface area contributed by atoms with Gasteiger partial charge in [0.2, 0.25) is 5.82 Å². The molecule has 2 aromatic heterocycles. The number of H-pyrrole nitrogens is 1. The third-order valence-corrected chi connectivity index (χ3v) is 6.12. The highest BCUT2D eigenvalue weighted by molar-refractivity contribution is 5.90. The topological polar surface area (TPSA) is 86.6 Å². The lowest BCUT2D eigenvalue weighted by Crippen LogP contribution is -2.49. The van der Waals surface area contributed by atoms with Crippen LogP contribution in [0.2, 0.25) is 0 Å². The minimum atomic E-state index is -0.207. The Morgan fingerprint density at radius 1 is 1.11 bits per heavy atom. The molecule has 8 nitrogen and oxygen atoms in total. The fourth-order valence-corrected chi connectivity index (χ4v) is 4.34. The van der Waals surface area contributed by atoms with Gasteiger partial charge >= 0.3 is 0 Å². The van der Waals surface area contributed by atoms with Gasteiger partial charge in [0.05, 0.1) is 0 Å². The fraction of sp³-hybridized carbons (Fsp3) is 0.684. The van der Waals surface area contributed by atoms with Gasteiger partial charge in [0.1, 0.15) is 0 Å². The Hall–Kier alpha value is -2.22. The van der Waals surface area contributed by atoms with Gasteiger partial charge in [-0.15, -0.1) is 0 Å². The van der Waals surface area contributed by atoms with E-state index in [1.54, 1.807) is 13.8 Å². The van der Waals surface area contributed by atoms with Crippen molar-refractivity contribution in [2.45, 2.75) is 52.5 Å². The zero-order chi connectivity index (χ0) is 19.1. The second kappa shape index (κ2) is 7.07. The van der Waals surface area contributed by atoms with Crippen LogP contribution in [0.4, 0.5) is 0 Å². The van der Waals surface area contributed by atoms with E-state index < -0.39 is 0 Å². The molecule has 2 aliphatic heterocycles. The van der Waals surface area contributed by atoms with E-state index in [4.69, 9.17) is 0 Å². The van der Waals surface area contributed by atoms with Gasteiger partial charge < -0.3 is 4.90 Å². The lowest BCUT2D eigenvalue weighted by molar-refractivity contribution is 0.0532. The lowest BCUT2D eigenvalue weighted by Gasteiger charge is -2.41. The average Bonchev–Trinajstić information content (AvgIpc) is 3.10. The molecule has 0 bridgehead atoms. The molecule has 0 saturated carbocycles. The molecule has 27 heavy (non-hydrogen) atoms. The summed E-state index contributed by atoms with van der Waals surface area (Å²) in [6.07, 6.45) is 4.59. The Bertz CT molecular complexity index is 909. The molecule has 0 radical (unpaired) electrons. The Labute approximate surface area is 158 Å². The predicted molar refractivity (Wildman–Crippen MR) is 102 cm³/mol. The molecule has 8 heteroatoms. The maximum atomic E-state index is 12.9. The first-order chi connectivity index (χ1) is 12.9. The zero-order valence-corrected chi connectivity index (χ0v) is 16.4. The van der Waals surface area contributed by atoms with Crippen molar-refractivity contribution in [2.24, 2.45) is 5.92 Å². The Morgan fingerprint density at radius 3 is 2.56 bits per heavy atom. The standard InChI is InChI=1S/C19H28N6O2/c1-12-5-4-8-24(11-12)15-6-9-23(10-7-15)18(27)16-21-19-20-14(3)13(2)17(26)25(19)22-16/h12,15H,4-11H2,1-3H3,(H,20,21,22). The number of nitrogens with zero attached hydrogens (tertiary/aromatic N) is 5. The molecule has 1 unspecified atom stereocenters. The average molecular weight is 372 g/mol. The summed E-state index contributed by atoms with van der Waals surface area (Å²) in [6.45, 7) is 9.64. The van der Waals surface area contributed by atoms with E-state index >= 15 is 0 Å². The quantitative estimate of drug-likeness (QED) is 0.860. The number of nitrogens with one attached hydrogen (secondary N) is 1. The summed E-state index contributed by atoms with van der Waals surface area (Å²) >= 11 is 0. The van der Waals surface area contributed by atoms with Crippen LogP contribution in [0.15, 0.2) is 4.79 Å². The third-order valence-electron chi connectivity index (χ3n) is 6.12. The van der Waals surface area contributed by atoms with Crippen molar-refractivity contribution in [1.29, 1.82) is 0 Å². The Balaban J connectivity index is 1.46. The highest BCUT2D eigenvalue weighted by atomic mass is 16.2. The number of hydrogen-bond donors (Lipinski definition) is 1. The van der Waals surface area contributed by atoms with Gasteiger partial charge in [-0.1, -0.05) is 6.92 Å². The summed E-state index contributed by atoms with van der Waals surface area (Å²) in [5.41, 5.74) is 0.996. The molecule has 1 atom stereocenters. The first-order valence-electron chi connectivity index (χ1n) is 9.93. The molecular formula is C19H28N6O2. The number of aromatic amines is 1. The summed E-state index contributed by atoms with van der Waals surface area (Å²) in [7, 11) is 0. The van der Waals surface area contributed by atoms with Gasteiger partial charge in [-0.3, -0.25) is 19.6 Å². The van der Waals surface area contributed by atoms with Crippen molar-refractivity contribution in [3.05, 3.63) is 27.4 Å². The molecule has 2 aliphatic rings. The number of hydrogen-bond acceptors (Lipinski definition) is 5. The van der Waals surface area contributed by atoms with Crippen LogP contribution in [-0.4, -0.2) is 67.5 Å². The smallest absolute Gasteiger partial charge is 0.291 e. The second-order valence-corrected chi connectivity index (χ2v) is 8.10. The molecule has 1 amide bonds. The van der Waals surface area contributed by atoms with Gasteiger partial charge in [0.25, 0.3) is 17.2 Å². The van der Waals surface area contributed by atoms with Crippen LogP contribution in [0.1, 0.15) is 54.5 Å². The fourth-order valence-electron chi connectivity index (χ4n) is 4.34. The van der Waals surface area contributed by atoms with E-state index in [2.05, 4.69) is 26.9 Å². The Kier molecular flexibility index (Phi) is 4.75. The van der Waals surface area contributed by atoms with Gasteiger partial charge in [-0.25, -0.2) is 4.98 Å². The number of piperidine rings is 2. The van der Waals surface area contributed by atoms with Crippen LogP contribution in [0.5, 0.6) is 0 Å². The molecule has 146 valence electrons. The van der Waals surface area contributed by atoms with Crippen molar-refractivity contribution in [2.75, 3.05) is 26.2 Å². The van der Waals surface area contributed by atoms with Gasteiger partial charge in [-0.05, 0) is 52.0 Å². The van der Waals surface area contributed by atoms with Crippen LogP contribution in [0.3, 0.4) is 0 Å². The van der Waals surface area contributed by atoms with Crippen molar-refractivity contribution >= 4 is 11.7 Å². The number of amides is 1. The van der Waals surface area contributed by atoms with E-state index in [-0.39, 0.29) is 23.1 Å². The van der Waals surface area contributed by atoms with Gasteiger partial charge in [-0.2, -0.15) is 9.50 Å². The minimum Gasteiger partial charge on any atom is -0.336 e. The van der Waals surface area contributed by atoms with Crippen LogP contribution >= 0.6 is 0 Å². The van der Waals surface area contributed by atoms with E-state index in [9.17, 15) is 9.59 Å². The number of carbonyl (C=O) groups is 1. The monoisotopic (exact) mass is 372 g/mol. The normalized spacial score (nSPS) is 22.5. The first-order valence-corrected chi connectivity index (χ1v) is 9.93. The highest BCUT2D eigenvalue weighted by Gasteiger charge is 2.30. The van der Waals surface area contributed by atoms with Crippen molar-refractivity contribution < 1.29 is 4.79 Å². The van der Waals surface area contributed by atoms with Crippen molar-refractivity contribution in [1.82, 2.24) is 29.4 Å². The molecule has 1 N–H and O–H groups in total. The first kappa shape index (κ1) is 18.2. The van der Waals surface area contributed by atoms with E-state index in [1.807, 2.05) is 4.90 Å². The molecule has 2 saturated heterocycles. The summed E-state index contributed by atoms with van der Waals surface area (Å²) in [4.78, 5) is 38.2. The molecule has 4 rings (SSSR count). The van der Waals surface area contributed by atoms with Crippen LogP contribution in [-0.2, 0) is 0 Å². The Morgan fingerprint density at radius 2 is 1.85 bits per heavy atom. The van der Waals surface area contributed by atoms with E-state index in [0.29, 0.717) is 17.3 Å². The van der Waals surface area contributed by atoms with Crippen LogP contribution < -0.4 is 5.56 Å². The lowest BCUT2D eigenvalue weighted by atomic mass is 9.95. The summed E-state index contributed by atoms with van der Waals surface area (Å²) in [5, 5.41) is 2.84. The molecule has 0 aromatic carbocycles. The molecular weight excluding hydrogens is 344 g/mol. The molecule has 0 aliphatic carbocycles. The van der Waals surface area contributed by atoms with Crippen LogP contribution in [0, 0.1) is 19.8 Å². The number of carbonyl (C=O) groups excluding carboxylic acids is 1. The number of fused-ring (bicyclic) bond motifs is 1.